The van der Waals surface area contributed by atoms with Gasteiger partial charge in [-0.25, -0.2) is 9.18 Å². The molecule has 1 saturated heterocycles. The maximum absolute atomic E-state index is 13.3. The summed E-state index contributed by atoms with van der Waals surface area (Å²) in [6.07, 6.45) is 0. The molecular formula is C19H23FN3O2+. The van der Waals surface area contributed by atoms with Crippen LogP contribution in [0.3, 0.4) is 0 Å². The van der Waals surface area contributed by atoms with Gasteiger partial charge in [-0.05, 0) is 36.4 Å². The number of nitrogens with one attached hydrogen (secondary N) is 2. The number of benzene rings is 2. The fourth-order valence-corrected chi connectivity index (χ4v) is 3.02. The number of nitrogens with zero attached hydrogens (tertiary/aromatic N) is 1. The molecule has 0 aromatic heterocycles. The summed E-state index contributed by atoms with van der Waals surface area (Å²) >= 11 is 0. The number of methoxy groups -OCH3 is 1. The van der Waals surface area contributed by atoms with Crippen molar-refractivity contribution in [3.05, 3.63) is 59.9 Å². The Morgan fingerprint density at radius 2 is 1.92 bits per heavy atom. The number of ether oxygens (including phenoxy) is 1. The Morgan fingerprint density at radius 1 is 1.20 bits per heavy atom. The number of rotatable bonds is 4. The number of quaternary nitrogens is 1. The summed E-state index contributed by atoms with van der Waals surface area (Å²) < 4.78 is 18.4. The topological polar surface area (TPSA) is 46.0 Å². The predicted octanol–water partition coefficient (Wildman–Crippen LogP) is 1.77. The molecule has 1 aliphatic heterocycles. The van der Waals surface area contributed by atoms with Crippen LogP contribution in [0.25, 0.3) is 0 Å². The number of hydrogen-bond acceptors (Lipinski definition) is 2. The number of hydrogen-bond donors (Lipinski definition) is 2. The molecule has 0 spiro atoms. The molecule has 0 saturated carbocycles. The van der Waals surface area contributed by atoms with E-state index in [0.717, 1.165) is 36.6 Å². The Balaban J connectivity index is 1.48. The first kappa shape index (κ1) is 17.2. The van der Waals surface area contributed by atoms with Crippen LogP contribution in [0.4, 0.5) is 14.9 Å². The highest BCUT2D eigenvalue weighted by molar-refractivity contribution is 5.89. The van der Waals surface area contributed by atoms with E-state index in [9.17, 15) is 9.18 Å². The van der Waals surface area contributed by atoms with Crippen molar-refractivity contribution in [3.63, 3.8) is 0 Å². The van der Waals surface area contributed by atoms with Gasteiger partial charge in [-0.1, -0.05) is 12.1 Å². The van der Waals surface area contributed by atoms with Crippen molar-refractivity contribution < 1.29 is 18.8 Å². The number of carbonyl (C=O) groups is 1. The predicted molar refractivity (Wildman–Crippen MR) is 94.4 cm³/mol. The van der Waals surface area contributed by atoms with Gasteiger partial charge in [0.1, 0.15) is 18.1 Å². The number of halogens is 1. The van der Waals surface area contributed by atoms with E-state index < -0.39 is 0 Å². The normalized spacial score (nSPS) is 15.0. The first-order valence-corrected chi connectivity index (χ1v) is 8.42. The Kier molecular flexibility index (Phi) is 5.50. The molecule has 0 radical (unpaired) electrons. The van der Waals surface area contributed by atoms with E-state index in [1.165, 1.54) is 11.0 Å². The van der Waals surface area contributed by atoms with Crippen LogP contribution in [0.2, 0.25) is 0 Å². The van der Waals surface area contributed by atoms with Gasteiger partial charge in [0.05, 0.1) is 33.3 Å². The standard InChI is InChI=1S/C19H22FN3O2/c1-25-18-7-5-17(6-8-18)21-19(24)23-11-9-22(10-12-23)14-15-3-2-4-16(20)13-15/h2-8,13H,9-12,14H2,1H3,(H,21,24)/p+1. The van der Waals surface area contributed by atoms with Crippen molar-refractivity contribution in [3.8, 4) is 5.75 Å². The Labute approximate surface area is 147 Å². The quantitative estimate of drug-likeness (QED) is 0.888. The average molecular weight is 344 g/mol. The maximum Gasteiger partial charge on any atom is 0.322 e. The minimum Gasteiger partial charge on any atom is -0.497 e. The molecule has 0 aliphatic carbocycles. The summed E-state index contributed by atoms with van der Waals surface area (Å²) in [6.45, 7) is 3.87. The van der Waals surface area contributed by atoms with Crippen molar-refractivity contribution in [2.45, 2.75) is 6.54 Å². The Morgan fingerprint density at radius 3 is 2.56 bits per heavy atom. The molecule has 0 atom stereocenters. The summed E-state index contributed by atoms with van der Waals surface area (Å²) in [7, 11) is 1.61. The number of carbonyl (C=O) groups excluding carboxylic acids is 1. The van der Waals surface area contributed by atoms with Gasteiger partial charge < -0.3 is 19.9 Å². The molecule has 0 unspecified atom stereocenters. The lowest BCUT2D eigenvalue weighted by molar-refractivity contribution is -0.917. The van der Waals surface area contributed by atoms with Crippen molar-refractivity contribution in [1.29, 1.82) is 0 Å². The van der Waals surface area contributed by atoms with Gasteiger partial charge in [0, 0.05) is 11.3 Å². The molecule has 132 valence electrons. The Bertz CT molecular complexity index is 713. The SMILES string of the molecule is COc1ccc(NC(=O)N2CC[NH+](Cc3cccc(F)c3)CC2)cc1. The van der Waals surface area contributed by atoms with Crippen LogP contribution in [0, 0.1) is 5.82 Å². The molecule has 5 nitrogen and oxygen atoms in total. The van der Waals surface area contributed by atoms with Crippen LogP contribution in [0.5, 0.6) is 5.75 Å². The van der Waals surface area contributed by atoms with Crippen LogP contribution in [0.1, 0.15) is 5.56 Å². The smallest absolute Gasteiger partial charge is 0.322 e. The van der Waals surface area contributed by atoms with Crippen LogP contribution in [-0.2, 0) is 6.54 Å². The highest BCUT2D eigenvalue weighted by Crippen LogP contribution is 2.15. The van der Waals surface area contributed by atoms with E-state index in [4.69, 9.17) is 4.74 Å². The van der Waals surface area contributed by atoms with E-state index in [1.54, 1.807) is 19.2 Å². The average Bonchev–Trinajstić information content (AvgIpc) is 2.63. The molecule has 6 heteroatoms. The molecule has 2 aromatic rings. The largest absolute Gasteiger partial charge is 0.497 e. The summed E-state index contributed by atoms with van der Waals surface area (Å²) in [6, 6.07) is 13.9. The summed E-state index contributed by atoms with van der Waals surface area (Å²) in [5, 5.41) is 2.91. The molecule has 0 bridgehead atoms. The molecule has 2 aromatic carbocycles. The second-order valence-electron chi connectivity index (χ2n) is 6.20. The second kappa shape index (κ2) is 7.98. The van der Waals surface area contributed by atoms with E-state index >= 15 is 0 Å². The van der Waals surface area contributed by atoms with E-state index in [-0.39, 0.29) is 11.8 Å². The lowest BCUT2D eigenvalue weighted by atomic mass is 10.2. The van der Waals surface area contributed by atoms with Crippen LogP contribution < -0.4 is 15.0 Å². The zero-order valence-corrected chi connectivity index (χ0v) is 14.3. The van der Waals surface area contributed by atoms with Crippen LogP contribution >= 0.6 is 0 Å². The highest BCUT2D eigenvalue weighted by Gasteiger charge is 2.23. The lowest BCUT2D eigenvalue weighted by Crippen LogP contribution is -3.13. The third-order valence-corrected chi connectivity index (χ3v) is 4.44. The van der Waals surface area contributed by atoms with Crippen molar-refractivity contribution in [2.75, 3.05) is 38.6 Å². The number of piperazine rings is 1. The van der Waals surface area contributed by atoms with Crippen molar-refractivity contribution in [2.24, 2.45) is 0 Å². The summed E-state index contributed by atoms with van der Waals surface area (Å²) in [5.74, 6) is 0.557. The summed E-state index contributed by atoms with van der Waals surface area (Å²) in [5.41, 5.74) is 1.74. The minimum atomic E-state index is -0.200. The van der Waals surface area contributed by atoms with Gasteiger partial charge in [0.15, 0.2) is 0 Å². The zero-order valence-electron chi connectivity index (χ0n) is 14.3. The molecule has 1 fully saturated rings. The lowest BCUT2D eigenvalue weighted by Gasteiger charge is -2.32. The second-order valence-corrected chi connectivity index (χ2v) is 6.20. The first-order valence-electron chi connectivity index (χ1n) is 8.42. The van der Waals surface area contributed by atoms with Gasteiger partial charge in [0.2, 0.25) is 0 Å². The fraction of sp³-hybridized carbons (Fsp3) is 0.316. The zero-order chi connectivity index (χ0) is 17.6. The van der Waals surface area contributed by atoms with Gasteiger partial charge in [-0.2, -0.15) is 0 Å². The monoisotopic (exact) mass is 344 g/mol. The molecule has 1 aliphatic rings. The third-order valence-electron chi connectivity index (χ3n) is 4.44. The van der Waals surface area contributed by atoms with Crippen molar-refractivity contribution >= 4 is 11.7 Å². The Hall–Kier alpha value is -2.60. The fourth-order valence-electron chi connectivity index (χ4n) is 3.02. The maximum atomic E-state index is 13.3. The van der Waals surface area contributed by atoms with Gasteiger partial charge >= 0.3 is 6.03 Å². The van der Waals surface area contributed by atoms with Crippen LogP contribution in [-0.4, -0.2) is 44.2 Å². The number of amides is 2. The van der Waals surface area contributed by atoms with Gasteiger partial charge in [-0.15, -0.1) is 0 Å². The molecule has 2 amide bonds. The molecule has 2 N–H and O–H groups in total. The first-order chi connectivity index (χ1) is 12.1. The van der Waals surface area contributed by atoms with E-state index in [2.05, 4.69) is 5.32 Å². The number of urea groups is 1. The summed E-state index contributed by atoms with van der Waals surface area (Å²) in [4.78, 5) is 15.5. The third kappa shape index (κ3) is 4.70. The highest BCUT2D eigenvalue weighted by atomic mass is 19.1. The van der Waals surface area contributed by atoms with Crippen LogP contribution in [0.15, 0.2) is 48.5 Å². The van der Waals surface area contributed by atoms with Gasteiger partial charge in [-0.3, -0.25) is 0 Å². The molecule has 3 rings (SSSR count). The molecular weight excluding hydrogens is 321 g/mol. The van der Waals surface area contributed by atoms with Gasteiger partial charge in [0.25, 0.3) is 0 Å². The molecule has 1 heterocycles. The number of anilines is 1. The van der Waals surface area contributed by atoms with Crippen molar-refractivity contribution in [1.82, 2.24) is 4.90 Å². The van der Waals surface area contributed by atoms with E-state index in [0.29, 0.717) is 13.1 Å². The van der Waals surface area contributed by atoms with E-state index in [1.807, 2.05) is 35.2 Å². The minimum absolute atomic E-state index is 0.0880. The molecule has 25 heavy (non-hydrogen) atoms.